The van der Waals surface area contributed by atoms with Crippen LogP contribution in [0.5, 0.6) is 0 Å². The first-order valence-corrected chi connectivity index (χ1v) is 6.56. The maximum atomic E-state index is 12.3. The fourth-order valence-corrected chi connectivity index (χ4v) is 2.54. The Bertz CT molecular complexity index is 529. The standard InChI is InChI=1S/C14H16ClNO3/c1-8-3-4-10(5-12(8)15)13(17)16-6-9(2)11(7-16)14(18)19/h3-5,9,11H,6-7H2,1-2H3,(H,18,19)/t9-,11-/m1/s1. The highest BCUT2D eigenvalue weighted by atomic mass is 35.5. The van der Waals surface area contributed by atoms with Gasteiger partial charge < -0.3 is 10.0 Å². The Morgan fingerprint density at radius 1 is 1.37 bits per heavy atom. The van der Waals surface area contributed by atoms with Gasteiger partial charge in [0.25, 0.3) is 5.91 Å². The monoisotopic (exact) mass is 281 g/mol. The number of carbonyl (C=O) groups excluding carboxylic acids is 1. The molecule has 0 unspecified atom stereocenters. The molecule has 1 N–H and O–H groups in total. The molecule has 1 fully saturated rings. The smallest absolute Gasteiger partial charge is 0.308 e. The zero-order chi connectivity index (χ0) is 14.2. The molecule has 1 aliphatic rings. The SMILES string of the molecule is Cc1ccc(C(=O)N2C[C@@H](C)[C@H](C(=O)O)C2)cc1Cl. The number of hydrogen-bond donors (Lipinski definition) is 1. The molecule has 1 aromatic rings. The highest BCUT2D eigenvalue weighted by Crippen LogP contribution is 2.25. The van der Waals surface area contributed by atoms with Crippen molar-refractivity contribution in [3.63, 3.8) is 0 Å². The third kappa shape index (κ3) is 2.73. The van der Waals surface area contributed by atoms with Crippen LogP contribution in [0.4, 0.5) is 0 Å². The number of carboxylic acids is 1. The summed E-state index contributed by atoms with van der Waals surface area (Å²) in [5.41, 5.74) is 1.42. The molecule has 0 aromatic heterocycles. The number of carbonyl (C=O) groups is 2. The molecule has 1 aliphatic heterocycles. The average Bonchev–Trinajstić information content (AvgIpc) is 2.74. The van der Waals surface area contributed by atoms with E-state index in [0.717, 1.165) is 5.56 Å². The second kappa shape index (κ2) is 5.21. The van der Waals surface area contributed by atoms with Gasteiger partial charge in [0.05, 0.1) is 5.92 Å². The van der Waals surface area contributed by atoms with E-state index in [1.54, 1.807) is 23.1 Å². The minimum Gasteiger partial charge on any atom is -0.481 e. The molecule has 1 aromatic carbocycles. The first-order valence-electron chi connectivity index (χ1n) is 6.18. The molecule has 0 bridgehead atoms. The Morgan fingerprint density at radius 2 is 2.05 bits per heavy atom. The lowest BCUT2D eigenvalue weighted by Gasteiger charge is -2.16. The number of benzene rings is 1. The molecule has 5 heteroatoms. The van der Waals surface area contributed by atoms with Crippen LogP contribution in [-0.4, -0.2) is 35.0 Å². The van der Waals surface area contributed by atoms with Gasteiger partial charge in [-0.3, -0.25) is 9.59 Å². The van der Waals surface area contributed by atoms with Crippen LogP contribution in [0.2, 0.25) is 5.02 Å². The predicted octanol–water partition coefficient (Wildman–Crippen LogP) is 2.44. The van der Waals surface area contributed by atoms with E-state index in [1.165, 1.54) is 0 Å². The Labute approximate surface area is 117 Å². The first-order chi connectivity index (χ1) is 8.90. The molecule has 0 spiro atoms. The van der Waals surface area contributed by atoms with Gasteiger partial charge in [0.15, 0.2) is 0 Å². The number of rotatable bonds is 2. The van der Waals surface area contributed by atoms with Crippen molar-refractivity contribution in [2.24, 2.45) is 11.8 Å². The zero-order valence-electron chi connectivity index (χ0n) is 10.9. The van der Waals surface area contributed by atoms with Crippen molar-refractivity contribution in [1.82, 2.24) is 4.90 Å². The number of likely N-dealkylation sites (tertiary alicyclic amines) is 1. The second-order valence-corrected chi connectivity index (χ2v) is 5.50. The Kier molecular flexibility index (Phi) is 3.80. The number of carboxylic acid groups (broad SMARTS) is 1. The molecule has 102 valence electrons. The molecular formula is C14H16ClNO3. The molecule has 0 radical (unpaired) electrons. The summed E-state index contributed by atoms with van der Waals surface area (Å²) in [5, 5.41) is 9.62. The van der Waals surface area contributed by atoms with Crippen LogP contribution in [0.25, 0.3) is 0 Å². The lowest BCUT2D eigenvalue weighted by molar-refractivity contribution is -0.142. The minimum absolute atomic E-state index is 0.0256. The van der Waals surface area contributed by atoms with Gasteiger partial charge in [-0.25, -0.2) is 0 Å². The zero-order valence-corrected chi connectivity index (χ0v) is 11.6. The number of halogens is 1. The maximum absolute atomic E-state index is 12.3. The van der Waals surface area contributed by atoms with E-state index < -0.39 is 11.9 Å². The quantitative estimate of drug-likeness (QED) is 0.906. The molecule has 1 amide bonds. The third-order valence-electron chi connectivity index (χ3n) is 3.64. The van der Waals surface area contributed by atoms with Crippen molar-refractivity contribution >= 4 is 23.5 Å². The molecule has 19 heavy (non-hydrogen) atoms. The summed E-state index contributed by atoms with van der Waals surface area (Å²) < 4.78 is 0. The lowest BCUT2D eigenvalue weighted by atomic mass is 9.99. The van der Waals surface area contributed by atoms with Crippen molar-refractivity contribution in [3.05, 3.63) is 34.3 Å². The Morgan fingerprint density at radius 3 is 2.58 bits per heavy atom. The van der Waals surface area contributed by atoms with Crippen molar-refractivity contribution in [2.45, 2.75) is 13.8 Å². The van der Waals surface area contributed by atoms with Crippen molar-refractivity contribution in [1.29, 1.82) is 0 Å². The molecular weight excluding hydrogens is 266 g/mol. The molecule has 1 saturated heterocycles. The normalized spacial score (nSPS) is 22.6. The van der Waals surface area contributed by atoms with Gasteiger partial charge in [-0.2, -0.15) is 0 Å². The fourth-order valence-electron chi connectivity index (χ4n) is 2.36. The van der Waals surface area contributed by atoms with Crippen molar-refractivity contribution in [2.75, 3.05) is 13.1 Å². The second-order valence-electron chi connectivity index (χ2n) is 5.10. The summed E-state index contributed by atoms with van der Waals surface area (Å²) in [4.78, 5) is 24.9. The molecule has 2 rings (SSSR count). The van der Waals surface area contributed by atoms with Gasteiger partial charge in [0.1, 0.15) is 0 Å². The predicted molar refractivity (Wildman–Crippen MR) is 72.4 cm³/mol. The van der Waals surface area contributed by atoms with Crippen molar-refractivity contribution < 1.29 is 14.7 Å². The number of hydrogen-bond acceptors (Lipinski definition) is 2. The topological polar surface area (TPSA) is 57.6 Å². The van der Waals surface area contributed by atoms with Gasteiger partial charge in [-0.05, 0) is 30.5 Å². The van der Waals surface area contributed by atoms with Crippen LogP contribution in [-0.2, 0) is 4.79 Å². The lowest BCUT2D eigenvalue weighted by Crippen LogP contribution is -2.29. The highest BCUT2D eigenvalue weighted by molar-refractivity contribution is 6.31. The summed E-state index contributed by atoms with van der Waals surface area (Å²) in [6.45, 7) is 4.46. The van der Waals surface area contributed by atoms with E-state index in [2.05, 4.69) is 0 Å². The van der Waals surface area contributed by atoms with Crippen LogP contribution < -0.4 is 0 Å². The summed E-state index contributed by atoms with van der Waals surface area (Å²) in [7, 11) is 0. The van der Waals surface area contributed by atoms with Crippen LogP contribution in [0.1, 0.15) is 22.8 Å². The summed E-state index contributed by atoms with van der Waals surface area (Å²) in [5.74, 6) is -1.51. The summed E-state index contributed by atoms with van der Waals surface area (Å²) >= 11 is 6.01. The van der Waals surface area contributed by atoms with Crippen LogP contribution in [0, 0.1) is 18.8 Å². The van der Waals surface area contributed by atoms with E-state index in [-0.39, 0.29) is 18.4 Å². The maximum Gasteiger partial charge on any atom is 0.308 e. The van der Waals surface area contributed by atoms with Gasteiger partial charge in [0, 0.05) is 23.7 Å². The van der Waals surface area contributed by atoms with Crippen LogP contribution >= 0.6 is 11.6 Å². The third-order valence-corrected chi connectivity index (χ3v) is 4.04. The van der Waals surface area contributed by atoms with Crippen molar-refractivity contribution in [3.8, 4) is 0 Å². The first kappa shape index (κ1) is 13.9. The average molecular weight is 282 g/mol. The van der Waals surface area contributed by atoms with E-state index in [4.69, 9.17) is 16.7 Å². The van der Waals surface area contributed by atoms with Gasteiger partial charge in [-0.1, -0.05) is 24.6 Å². The Hall–Kier alpha value is -1.55. The largest absolute Gasteiger partial charge is 0.481 e. The van der Waals surface area contributed by atoms with Gasteiger partial charge >= 0.3 is 5.97 Å². The van der Waals surface area contributed by atoms with Gasteiger partial charge in [-0.15, -0.1) is 0 Å². The van der Waals surface area contributed by atoms with Crippen LogP contribution in [0.15, 0.2) is 18.2 Å². The van der Waals surface area contributed by atoms with Gasteiger partial charge in [0.2, 0.25) is 0 Å². The molecule has 0 aliphatic carbocycles. The summed E-state index contributed by atoms with van der Waals surface area (Å²) in [6, 6.07) is 5.16. The van der Waals surface area contributed by atoms with E-state index in [9.17, 15) is 9.59 Å². The van der Waals surface area contributed by atoms with Crippen LogP contribution in [0.3, 0.4) is 0 Å². The molecule has 4 nitrogen and oxygen atoms in total. The molecule has 0 saturated carbocycles. The number of nitrogens with zero attached hydrogens (tertiary/aromatic N) is 1. The van der Waals surface area contributed by atoms with E-state index in [0.29, 0.717) is 17.1 Å². The molecule has 1 heterocycles. The highest BCUT2D eigenvalue weighted by Gasteiger charge is 2.37. The summed E-state index contributed by atoms with van der Waals surface area (Å²) in [6.07, 6.45) is 0. The number of amides is 1. The molecule has 2 atom stereocenters. The number of aliphatic carboxylic acids is 1. The van der Waals surface area contributed by atoms with E-state index in [1.807, 2.05) is 13.8 Å². The van der Waals surface area contributed by atoms with E-state index >= 15 is 0 Å². The number of aryl methyl sites for hydroxylation is 1. The fraction of sp³-hybridized carbons (Fsp3) is 0.429. The Balaban J connectivity index is 2.17. The minimum atomic E-state index is -0.843.